The molecule has 0 heterocycles. The van der Waals surface area contributed by atoms with Crippen molar-refractivity contribution in [3.8, 4) is 11.5 Å². The van der Waals surface area contributed by atoms with Crippen LogP contribution >= 0.6 is 27.5 Å². The number of ether oxygens (including phenoxy) is 1. The summed E-state index contributed by atoms with van der Waals surface area (Å²) in [7, 11) is 0. The van der Waals surface area contributed by atoms with Crippen molar-refractivity contribution in [1.29, 1.82) is 0 Å². The number of anilines is 1. The van der Waals surface area contributed by atoms with E-state index < -0.39 is 11.6 Å². The molecule has 0 aromatic heterocycles. The average Bonchev–Trinajstić information content (AvgIpc) is 2.24. The van der Waals surface area contributed by atoms with Gasteiger partial charge < -0.3 is 10.5 Å². The number of benzene rings is 2. The molecule has 0 aliphatic rings. The third-order valence-corrected chi connectivity index (χ3v) is 2.86. The van der Waals surface area contributed by atoms with Gasteiger partial charge in [0.25, 0.3) is 0 Å². The van der Waals surface area contributed by atoms with Crippen molar-refractivity contribution in [2.75, 3.05) is 5.73 Å². The summed E-state index contributed by atoms with van der Waals surface area (Å²) in [6, 6.07) is 6.27. The monoisotopic (exact) mass is 333 g/mol. The lowest BCUT2D eigenvalue weighted by Crippen LogP contribution is -1.94. The summed E-state index contributed by atoms with van der Waals surface area (Å²) >= 11 is 8.69. The van der Waals surface area contributed by atoms with Crippen LogP contribution in [0.5, 0.6) is 11.5 Å². The van der Waals surface area contributed by atoms with E-state index in [-0.39, 0.29) is 22.2 Å². The second kappa shape index (κ2) is 5.12. The van der Waals surface area contributed by atoms with Crippen LogP contribution in [0.15, 0.2) is 34.8 Å². The smallest absolute Gasteiger partial charge is 0.153 e. The highest BCUT2D eigenvalue weighted by Crippen LogP contribution is 2.33. The van der Waals surface area contributed by atoms with E-state index in [2.05, 4.69) is 15.9 Å². The highest BCUT2D eigenvalue weighted by molar-refractivity contribution is 9.10. The van der Waals surface area contributed by atoms with Crippen LogP contribution in [0, 0.1) is 11.6 Å². The van der Waals surface area contributed by atoms with Crippen LogP contribution in [0.3, 0.4) is 0 Å². The predicted molar refractivity (Wildman–Crippen MR) is 70.0 cm³/mol. The minimum Gasteiger partial charge on any atom is -0.455 e. The summed E-state index contributed by atoms with van der Waals surface area (Å²) in [6.45, 7) is 0. The second-order valence-corrected chi connectivity index (χ2v) is 4.83. The van der Waals surface area contributed by atoms with Crippen LogP contribution in [-0.4, -0.2) is 0 Å². The fourth-order valence-corrected chi connectivity index (χ4v) is 1.96. The van der Waals surface area contributed by atoms with Gasteiger partial charge in [0.05, 0.1) is 10.7 Å². The molecule has 0 radical (unpaired) electrons. The quantitative estimate of drug-likeness (QED) is 0.804. The lowest BCUT2D eigenvalue weighted by Gasteiger charge is -2.09. The molecular weight excluding hydrogens is 327 g/mol. The fourth-order valence-electron chi connectivity index (χ4n) is 1.35. The summed E-state index contributed by atoms with van der Waals surface area (Å²) in [4.78, 5) is 0. The normalized spacial score (nSPS) is 10.4. The van der Waals surface area contributed by atoms with Crippen LogP contribution in [0.25, 0.3) is 0 Å². The van der Waals surface area contributed by atoms with Crippen LogP contribution in [0.4, 0.5) is 14.5 Å². The van der Waals surface area contributed by atoms with E-state index in [0.29, 0.717) is 4.47 Å². The maximum absolute atomic E-state index is 13.3. The number of hydrogen-bond donors (Lipinski definition) is 1. The average molecular weight is 335 g/mol. The zero-order chi connectivity index (χ0) is 13.3. The Balaban J connectivity index is 2.36. The molecule has 0 saturated carbocycles. The lowest BCUT2D eigenvalue weighted by atomic mass is 10.3. The minimum atomic E-state index is -0.656. The van der Waals surface area contributed by atoms with E-state index in [4.69, 9.17) is 22.1 Å². The Morgan fingerprint density at radius 2 is 1.83 bits per heavy atom. The summed E-state index contributed by atoms with van der Waals surface area (Å²) < 4.78 is 32.2. The Labute approximate surface area is 115 Å². The van der Waals surface area contributed by atoms with Crippen molar-refractivity contribution in [3.05, 3.63) is 51.5 Å². The highest BCUT2D eigenvalue weighted by Gasteiger charge is 2.09. The molecule has 2 N–H and O–H groups in total. The van der Waals surface area contributed by atoms with Crippen LogP contribution in [0.2, 0.25) is 5.02 Å². The molecule has 0 fully saturated rings. The standard InChI is InChI=1S/C12H7BrClF2NO/c13-6-1-7(15)3-8(2-6)18-12-5-10(16)9(14)4-11(12)17/h1-5H,17H2. The summed E-state index contributed by atoms with van der Waals surface area (Å²) in [5.74, 6) is -0.853. The Kier molecular flexibility index (Phi) is 3.73. The summed E-state index contributed by atoms with van der Waals surface area (Å²) in [6.07, 6.45) is 0. The van der Waals surface area contributed by atoms with Crippen LogP contribution in [-0.2, 0) is 0 Å². The van der Waals surface area contributed by atoms with E-state index in [1.165, 1.54) is 18.2 Å². The van der Waals surface area contributed by atoms with Gasteiger partial charge in [0.1, 0.15) is 17.4 Å². The first-order chi connectivity index (χ1) is 8.45. The van der Waals surface area contributed by atoms with Gasteiger partial charge in [-0.15, -0.1) is 0 Å². The Morgan fingerprint density at radius 3 is 2.50 bits per heavy atom. The molecule has 0 atom stereocenters. The molecule has 0 unspecified atom stereocenters. The highest BCUT2D eigenvalue weighted by atomic mass is 79.9. The van der Waals surface area contributed by atoms with E-state index in [1.807, 2.05) is 0 Å². The van der Waals surface area contributed by atoms with Crippen molar-refractivity contribution in [3.63, 3.8) is 0 Å². The summed E-state index contributed by atoms with van der Waals surface area (Å²) in [5, 5.41) is -0.0970. The van der Waals surface area contributed by atoms with Crippen molar-refractivity contribution in [2.45, 2.75) is 0 Å². The zero-order valence-corrected chi connectivity index (χ0v) is 11.2. The third kappa shape index (κ3) is 2.91. The molecule has 2 aromatic carbocycles. The van der Waals surface area contributed by atoms with Gasteiger partial charge in [0.15, 0.2) is 5.75 Å². The van der Waals surface area contributed by atoms with Crippen molar-refractivity contribution in [2.24, 2.45) is 0 Å². The molecule has 0 aliphatic carbocycles. The van der Waals surface area contributed by atoms with Gasteiger partial charge in [-0.1, -0.05) is 27.5 Å². The molecule has 94 valence electrons. The number of halogens is 4. The number of rotatable bonds is 2. The van der Waals surface area contributed by atoms with Gasteiger partial charge in [-0.25, -0.2) is 8.78 Å². The zero-order valence-electron chi connectivity index (χ0n) is 8.88. The molecule has 0 aliphatic heterocycles. The van der Waals surface area contributed by atoms with E-state index in [0.717, 1.165) is 12.1 Å². The van der Waals surface area contributed by atoms with Crippen LogP contribution < -0.4 is 10.5 Å². The minimum absolute atomic E-state index is 0.0781. The predicted octanol–water partition coefficient (Wildman–Crippen LogP) is 4.76. The van der Waals surface area contributed by atoms with Gasteiger partial charge in [0.2, 0.25) is 0 Å². The molecule has 2 rings (SSSR count). The van der Waals surface area contributed by atoms with E-state index in [1.54, 1.807) is 0 Å². The Bertz CT molecular complexity index is 587. The van der Waals surface area contributed by atoms with Crippen molar-refractivity contribution in [1.82, 2.24) is 0 Å². The maximum atomic E-state index is 13.3. The molecule has 18 heavy (non-hydrogen) atoms. The SMILES string of the molecule is Nc1cc(Cl)c(F)cc1Oc1cc(F)cc(Br)c1. The third-order valence-electron chi connectivity index (χ3n) is 2.12. The molecule has 0 saturated heterocycles. The number of hydrogen-bond acceptors (Lipinski definition) is 2. The Hall–Kier alpha value is -1.33. The molecule has 0 bridgehead atoms. The molecule has 6 heteroatoms. The Morgan fingerprint density at radius 1 is 1.11 bits per heavy atom. The first-order valence-electron chi connectivity index (χ1n) is 4.84. The van der Waals surface area contributed by atoms with Gasteiger partial charge in [0, 0.05) is 16.6 Å². The fraction of sp³-hybridized carbons (Fsp3) is 0. The van der Waals surface area contributed by atoms with Gasteiger partial charge >= 0.3 is 0 Å². The van der Waals surface area contributed by atoms with Gasteiger partial charge in [-0.2, -0.15) is 0 Å². The van der Waals surface area contributed by atoms with E-state index in [9.17, 15) is 8.78 Å². The number of nitrogens with two attached hydrogens (primary N) is 1. The number of nitrogen functional groups attached to an aromatic ring is 1. The molecular formula is C12H7BrClF2NO. The molecule has 2 aromatic rings. The van der Waals surface area contributed by atoms with Crippen molar-refractivity contribution < 1.29 is 13.5 Å². The first-order valence-corrected chi connectivity index (χ1v) is 6.01. The largest absolute Gasteiger partial charge is 0.455 e. The van der Waals surface area contributed by atoms with Gasteiger partial charge in [-0.05, 0) is 18.2 Å². The summed E-state index contributed by atoms with van der Waals surface area (Å²) in [5.41, 5.74) is 5.80. The van der Waals surface area contributed by atoms with Crippen molar-refractivity contribution >= 4 is 33.2 Å². The molecule has 0 spiro atoms. The van der Waals surface area contributed by atoms with E-state index >= 15 is 0 Å². The lowest BCUT2D eigenvalue weighted by molar-refractivity contribution is 0.473. The maximum Gasteiger partial charge on any atom is 0.153 e. The first kappa shape index (κ1) is 13.1. The molecule has 2 nitrogen and oxygen atoms in total. The topological polar surface area (TPSA) is 35.2 Å². The van der Waals surface area contributed by atoms with Gasteiger partial charge in [-0.3, -0.25) is 0 Å². The van der Waals surface area contributed by atoms with Crippen LogP contribution in [0.1, 0.15) is 0 Å². The second-order valence-electron chi connectivity index (χ2n) is 3.51. The molecule has 0 amide bonds.